The van der Waals surface area contributed by atoms with E-state index in [-0.39, 0.29) is 0 Å². The van der Waals surface area contributed by atoms with Crippen molar-refractivity contribution in [2.75, 3.05) is 6.54 Å². The molecule has 0 spiro atoms. The third-order valence-electron chi connectivity index (χ3n) is 1.11. The molecule has 2 nitrogen and oxygen atoms in total. The molecule has 47 valence electrons. The summed E-state index contributed by atoms with van der Waals surface area (Å²) in [6, 6.07) is 5.76. The molecule has 2 heteroatoms. The van der Waals surface area contributed by atoms with Gasteiger partial charge in [0, 0.05) is 24.9 Å². The van der Waals surface area contributed by atoms with Crippen LogP contribution in [0, 0.1) is 0 Å². The van der Waals surface area contributed by atoms with E-state index in [1.165, 1.54) is 0 Å². The van der Waals surface area contributed by atoms with Crippen molar-refractivity contribution >= 4 is 0 Å². The molecule has 0 bridgehead atoms. The first kappa shape index (κ1) is 6.23. The van der Waals surface area contributed by atoms with Gasteiger partial charge < -0.3 is 0 Å². The normalized spacial score (nSPS) is 9.44. The maximum absolute atomic E-state index is 6.90. The van der Waals surface area contributed by atoms with Crippen LogP contribution in [0.1, 0.15) is 5.69 Å². The van der Waals surface area contributed by atoms with Crippen LogP contribution in [0.4, 0.5) is 0 Å². The van der Waals surface area contributed by atoms with Crippen molar-refractivity contribution < 1.29 is 0 Å². The van der Waals surface area contributed by atoms with Crippen molar-refractivity contribution in [3.05, 3.63) is 30.1 Å². The maximum Gasteiger partial charge on any atom is 0.0416 e. The molecule has 1 aromatic rings. The fraction of sp³-hybridized carbons (Fsp3) is 0.286. The summed E-state index contributed by atoms with van der Waals surface area (Å²) in [7, 11) is 0. The molecule has 0 fully saturated rings. The fourth-order valence-corrected chi connectivity index (χ4v) is 0.674. The quantitative estimate of drug-likeness (QED) is 0.572. The maximum atomic E-state index is 6.90. The largest absolute Gasteiger partial charge is 0.261 e. The van der Waals surface area contributed by atoms with Crippen LogP contribution in [0.5, 0.6) is 0 Å². The van der Waals surface area contributed by atoms with Crippen LogP contribution in [0.2, 0.25) is 0 Å². The van der Waals surface area contributed by atoms with Gasteiger partial charge in [-0.15, -0.1) is 0 Å². The molecule has 0 atom stereocenters. The molecular formula is C7H9N2. The number of nitrogens with zero attached hydrogens (tertiary/aromatic N) is 1. The summed E-state index contributed by atoms with van der Waals surface area (Å²) >= 11 is 0. The van der Waals surface area contributed by atoms with E-state index in [0.717, 1.165) is 12.1 Å². The first-order valence-corrected chi connectivity index (χ1v) is 2.98. The topological polar surface area (TPSA) is 36.7 Å². The van der Waals surface area contributed by atoms with E-state index in [9.17, 15) is 0 Å². The van der Waals surface area contributed by atoms with Gasteiger partial charge in [-0.3, -0.25) is 10.7 Å². The van der Waals surface area contributed by atoms with Crippen molar-refractivity contribution in [2.45, 2.75) is 6.42 Å². The van der Waals surface area contributed by atoms with Crippen molar-refractivity contribution in [3.8, 4) is 0 Å². The summed E-state index contributed by atoms with van der Waals surface area (Å²) in [5, 5.41) is 0. The fourth-order valence-electron chi connectivity index (χ4n) is 0.674. The van der Waals surface area contributed by atoms with Gasteiger partial charge in [0.2, 0.25) is 0 Å². The standard InChI is InChI=1S/C7H9N2/c8-5-4-7-3-1-2-6-9-7/h1-3,6,8H,4-5H2. The molecule has 0 aliphatic rings. The number of nitrogens with one attached hydrogen (secondary N) is 1. The van der Waals surface area contributed by atoms with Crippen molar-refractivity contribution in [3.63, 3.8) is 0 Å². The van der Waals surface area contributed by atoms with Gasteiger partial charge in [-0.25, -0.2) is 0 Å². The third-order valence-corrected chi connectivity index (χ3v) is 1.11. The van der Waals surface area contributed by atoms with Crippen LogP contribution < -0.4 is 5.73 Å². The van der Waals surface area contributed by atoms with Gasteiger partial charge in [-0.2, -0.15) is 0 Å². The van der Waals surface area contributed by atoms with Crippen LogP contribution in [-0.2, 0) is 6.42 Å². The lowest BCUT2D eigenvalue weighted by Crippen LogP contribution is -1.93. The summed E-state index contributed by atoms with van der Waals surface area (Å²) in [4.78, 5) is 4.05. The van der Waals surface area contributed by atoms with Gasteiger partial charge in [0.15, 0.2) is 0 Å². The zero-order valence-corrected chi connectivity index (χ0v) is 5.17. The van der Waals surface area contributed by atoms with Gasteiger partial charge >= 0.3 is 0 Å². The lowest BCUT2D eigenvalue weighted by molar-refractivity contribution is 0.902. The molecule has 0 saturated heterocycles. The first-order valence-electron chi connectivity index (χ1n) is 2.98. The van der Waals surface area contributed by atoms with Crippen molar-refractivity contribution in [1.29, 1.82) is 0 Å². The molecule has 0 aromatic carbocycles. The Kier molecular flexibility index (Phi) is 2.22. The lowest BCUT2D eigenvalue weighted by atomic mass is 10.3. The first-order chi connectivity index (χ1) is 4.43. The smallest absolute Gasteiger partial charge is 0.0416 e. The van der Waals surface area contributed by atoms with E-state index >= 15 is 0 Å². The summed E-state index contributed by atoms with van der Waals surface area (Å²) in [6.07, 6.45) is 2.52. The van der Waals surface area contributed by atoms with Crippen molar-refractivity contribution in [1.82, 2.24) is 10.7 Å². The second-order valence-electron chi connectivity index (χ2n) is 1.82. The Balaban J connectivity index is 2.61. The molecule has 1 radical (unpaired) electrons. The summed E-state index contributed by atoms with van der Waals surface area (Å²) in [5.74, 6) is 0. The van der Waals surface area contributed by atoms with Crippen molar-refractivity contribution in [2.24, 2.45) is 0 Å². The molecule has 9 heavy (non-hydrogen) atoms. The van der Waals surface area contributed by atoms with Crippen LogP contribution in [-0.4, -0.2) is 11.5 Å². The van der Waals surface area contributed by atoms with E-state index in [1.807, 2.05) is 18.2 Å². The minimum atomic E-state index is 0.428. The van der Waals surface area contributed by atoms with Gasteiger partial charge in [-0.1, -0.05) is 6.07 Å². The molecule has 1 rings (SSSR count). The molecule has 1 heterocycles. The Morgan fingerprint density at radius 3 is 2.89 bits per heavy atom. The zero-order valence-electron chi connectivity index (χ0n) is 5.17. The Morgan fingerprint density at radius 2 is 2.33 bits per heavy atom. The molecule has 0 aliphatic carbocycles. The number of pyridine rings is 1. The molecular weight excluding hydrogens is 112 g/mol. The van der Waals surface area contributed by atoms with E-state index in [0.29, 0.717) is 6.54 Å². The average Bonchev–Trinajstić information content (AvgIpc) is 1.91. The predicted molar refractivity (Wildman–Crippen MR) is 35.9 cm³/mol. The minimum absolute atomic E-state index is 0.428. The number of hydrogen-bond donors (Lipinski definition) is 0. The summed E-state index contributed by atoms with van der Waals surface area (Å²) in [6.45, 7) is 0.428. The third kappa shape index (κ3) is 1.82. The molecule has 1 aromatic heterocycles. The monoisotopic (exact) mass is 121 g/mol. The molecule has 1 N–H and O–H groups in total. The minimum Gasteiger partial charge on any atom is -0.261 e. The highest BCUT2D eigenvalue weighted by Gasteiger charge is 1.86. The highest BCUT2D eigenvalue weighted by atomic mass is 14.7. The van der Waals surface area contributed by atoms with Gasteiger partial charge in [0.05, 0.1) is 0 Å². The highest BCUT2D eigenvalue weighted by molar-refractivity contribution is 5.03. The van der Waals surface area contributed by atoms with E-state index in [2.05, 4.69) is 4.98 Å². The van der Waals surface area contributed by atoms with Crippen LogP contribution in [0.3, 0.4) is 0 Å². The van der Waals surface area contributed by atoms with Gasteiger partial charge in [0.1, 0.15) is 0 Å². The van der Waals surface area contributed by atoms with Gasteiger partial charge in [0.25, 0.3) is 0 Å². The Labute approximate surface area is 54.7 Å². The van der Waals surface area contributed by atoms with E-state index in [1.54, 1.807) is 6.20 Å². The Hall–Kier alpha value is -0.890. The summed E-state index contributed by atoms with van der Waals surface area (Å²) in [5.41, 5.74) is 7.91. The average molecular weight is 121 g/mol. The van der Waals surface area contributed by atoms with E-state index in [4.69, 9.17) is 5.73 Å². The van der Waals surface area contributed by atoms with Crippen LogP contribution >= 0.6 is 0 Å². The zero-order chi connectivity index (χ0) is 6.53. The predicted octanol–water partition coefficient (Wildman–Crippen LogP) is 0.907. The lowest BCUT2D eigenvalue weighted by Gasteiger charge is -1.92. The van der Waals surface area contributed by atoms with E-state index < -0.39 is 0 Å². The number of hydrogen-bond acceptors (Lipinski definition) is 1. The second-order valence-corrected chi connectivity index (χ2v) is 1.82. The van der Waals surface area contributed by atoms with Crippen LogP contribution in [0.15, 0.2) is 24.4 Å². The molecule has 0 saturated carbocycles. The Morgan fingerprint density at radius 1 is 1.44 bits per heavy atom. The Bertz CT molecular complexity index is 160. The van der Waals surface area contributed by atoms with Gasteiger partial charge in [-0.05, 0) is 12.1 Å². The molecule has 0 amide bonds. The number of rotatable bonds is 2. The SMILES string of the molecule is [NH]CCc1ccccn1. The molecule has 0 aliphatic heterocycles. The highest BCUT2D eigenvalue weighted by Crippen LogP contribution is 1.91. The number of aromatic nitrogens is 1. The van der Waals surface area contributed by atoms with Crippen LogP contribution in [0.25, 0.3) is 0 Å². The second kappa shape index (κ2) is 3.20. The summed E-state index contributed by atoms with van der Waals surface area (Å²) < 4.78 is 0. The molecule has 0 unspecified atom stereocenters.